The minimum absolute atomic E-state index is 0.0756. The molecule has 0 radical (unpaired) electrons. The van der Waals surface area contributed by atoms with Crippen molar-refractivity contribution in [1.82, 2.24) is 4.98 Å². The van der Waals surface area contributed by atoms with Crippen LogP contribution in [-0.4, -0.2) is 17.1 Å². The molecule has 0 bridgehead atoms. The lowest BCUT2D eigenvalue weighted by atomic mass is 10.1. The number of rotatable bonds is 3. The van der Waals surface area contributed by atoms with Crippen LogP contribution >= 0.6 is 0 Å². The lowest BCUT2D eigenvalue weighted by Gasteiger charge is -2.18. The molecule has 1 heterocycles. The molecule has 0 amide bonds. The molecule has 0 atom stereocenters. The van der Waals surface area contributed by atoms with Crippen LogP contribution < -0.4 is 10.5 Å². The molecule has 0 aromatic carbocycles. The van der Waals surface area contributed by atoms with Crippen molar-refractivity contribution in [2.45, 2.75) is 25.6 Å². The molecular weight excluding hydrogens is 221 g/mol. The number of aromatic nitrogens is 1. The fourth-order valence-corrected chi connectivity index (χ4v) is 0.913. The van der Waals surface area contributed by atoms with Gasteiger partial charge in [0, 0.05) is 11.6 Å². The van der Waals surface area contributed by atoms with Crippen LogP contribution in [0.25, 0.3) is 0 Å². The lowest BCUT2D eigenvalue weighted by Crippen LogP contribution is -2.38. The summed E-state index contributed by atoms with van der Waals surface area (Å²) in [6, 6.07) is 3.50. The van der Waals surface area contributed by atoms with E-state index in [4.69, 9.17) is 10.5 Å². The Balaban J connectivity index is 2.76. The summed E-state index contributed by atoms with van der Waals surface area (Å²) in [4.78, 5) is 3.34. The van der Waals surface area contributed by atoms with Crippen molar-refractivity contribution in [3.63, 3.8) is 0 Å². The van der Waals surface area contributed by atoms with E-state index >= 15 is 0 Å². The van der Waals surface area contributed by atoms with Crippen molar-refractivity contribution in [3.8, 4) is 5.88 Å². The van der Waals surface area contributed by atoms with Gasteiger partial charge in [-0.2, -0.15) is 13.2 Å². The Morgan fingerprint density at radius 2 is 1.94 bits per heavy atom. The Morgan fingerprint density at radius 1 is 1.31 bits per heavy atom. The van der Waals surface area contributed by atoms with Gasteiger partial charge in [-0.25, -0.2) is 4.98 Å². The first-order valence-electron chi connectivity index (χ1n) is 4.64. The van der Waals surface area contributed by atoms with E-state index in [2.05, 4.69) is 4.98 Å². The Kier molecular flexibility index (Phi) is 3.42. The molecule has 0 aliphatic carbocycles. The van der Waals surface area contributed by atoms with E-state index in [1.165, 1.54) is 12.1 Å². The van der Waals surface area contributed by atoms with Crippen LogP contribution in [0.3, 0.4) is 0 Å². The summed E-state index contributed by atoms with van der Waals surface area (Å²) < 4.78 is 42.0. The van der Waals surface area contributed by atoms with Crippen molar-refractivity contribution < 1.29 is 17.9 Å². The standard InChI is InChI=1S/C10H13F3N2O/c1-9(2,14)6-16-8-5-3-4-7(15-8)10(11,12)13/h3-5H,6,14H2,1-2H3. The van der Waals surface area contributed by atoms with E-state index in [1.54, 1.807) is 13.8 Å². The number of halogens is 3. The minimum Gasteiger partial charge on any atom is -0.476 e. The van der Waals surface area contributed by atoms with Crippen LogP contribution in [0.1, 0.15) is 19.5 Å². The van der Waals surface area contributed by atoms with Gasteiger partial charge in [0.2, 0.25) is 5.88 Å². The highest BCUT2D eigenvalue weighted by Gasteiger charge is 2.32. The number of nitrogens with zero attached hydrogens (tertiary/aromatic N) is 1. The Morgan fingerprint density at radius 3 is 2.44 bits per heavy atom. The van der Waals surface area contributed by atoms with Crippen LogP contribution in [0.4, 0.5) is 13.2 Å². The monoisotopic (exact) mass is 234 g/mol. The molecule has 1 aromatic heterocycles. The molecule has 0 unspecified atom stereocenters. The van der Waals surface area contributed by atoms with Crippen LogP contribution in [0.2, 0.25) is 0 Å². The molecule has 1 aromatic rings. The molecule has 90 valence electrons. The molecule has 3 nitrogen and oxygen atoms in total. The molecule has 0 spiro atoms. The summed E-state index contributed by atoms with van der Waals surface area (Å²) in [5.41, 5.74) is 4.04. The van der Waals surface area contributed by atoms with E-state index in [0.717, 1.165) is 6.07 Å². The first kappa shape index (κ1) is 12.8. The molecule has 16 heavy (non-hydrogen) atoms. The number of pyridine rings is 1. The first-order chi connectivity index (χ1) is 7.18. The van der Waals surface area contributed by atoms with Crippen LogP contribution in [-0.2, 0) is 6.18 Å². The fourth-order valence-electron chi connectivity index (χ4n) is 0.913. The first-order valence-corrected chi connectivity index (χ1v) is 4.64. The van der Waals surface area contributed by atoms with Crippen molar-refractivity contribution in [2.24, 2.45) is 5.73 Å². The second-order valence-electron chi connectivity index (χ2n) is 4.14. The summed E-state index contributed by atoms with van der Waals surface area (Å²) in [6.07, 6.45) is -4.46. The third-order valence-corrected chi connectivity index (χ3v) is 1.61. The van der Waals surface area contributed by atoms with Gasteiger partial charge in [0.1, 0.15) is 12.3 Å². The van der Waals surface area contributed by atoms with Gasteiger partial charge in [0.25, 0.3) is 0 Å². The largest absolute Gasteiger partial charge is 0.476 e. The minimum atomic E-state index is -4.46. The van der Waals surface area contributed by atoms with Crippen LogP contribution in [0.5, 0.6) is 5.88 Å². The third kappa shape index (κ3) is 4.06. The van der Waals surface area contributed by atoms with Gasteiger partial charge < -0.3 is 10.5 Å². The quantitative estimate of drug-likeness (QED) is 0.872. The lowest BCUT2D eigenvalue weighted by molar-refractivity contribution is -0.141. The van der Waals surface area contributed by atoms with Gasteiger partial charge >= 0.3 is 6.18 Å². The Hall–Kier alpha value is -1.30. The highest BCUT2D eigenvalue weighted by molar-refractivity contribution is 5.17. The fraction of sp³-hybridized carbons (Fsp3) is 0.500. The predicted molar refractivity (Wildman–Crippen MR) is 53.0 cm³/mol. The number of nitrogens with two attached hydrogens (primary N) is 1. The molecule has 0 aliphatic rings. The van der Waals surface area contributed by atoms with Crippen LogP contribution in [0, 0.1) is 0 Å². The Labute approximate surface area is 91.4 Å². The number of hydrogen-bond donors (Lipinski definition) is 1. The van der Waals surface area contributed by atoms with Crippen molar-refractivity contribution in [2.75, 3.05) is 6.61 Å². The van der Waals surface area contributed by atoms with E-state index in [0.29, 0.717) is 0 Å². The molecular formula is C10H13F3N2O. The topological polar surface area (TPSA) is 48.1 Å². The van der Waals surface area contributed by atoms with E-state index < -0.39 is 17.4 Å². The maximum Gasteiger partial charge on any atom is 0.433 e. The summed E-state index contributed by atoms with van der Waals surface area (Å²) in [5, 5.41) is 0. The van der Waals surface area contributed by atoms with Gasteiger partial charge in [0.05, 0.1) is 0 Å². The molecule has 2 N–H and O–H groups in total. The maximum atomic E-state index is 12.3. The number of alkyl halides is 3. The molecule has 0 aliphatic heterocycles. The summed E-state index contributed by atoms with van der Waals surface area (Å²) in [6.45, 7) is 3.52. The smallest absolute Gasteiger partial charge is 0.433 e. The Bertz CT molecular complexity index is 358. The second-order valence-corrected chi connectivity index (χ2v) is 4.14. The average Bonchev–Trinajstić information content (AvgIpc) is 2.13. The molecule has 0 fully saturated rings. The van der Waals surface area contributed by atoms with Crippen LogP contribution in [0.15, 0.2) is 18.2 Å². The highest BCUT2D eigenvalue weighted by atomic mass is 19.4. The zero-order valence-corrected chi connectivity index (χ0v) is 9.01. The molecule has 6 heteroatoms. The zero-order chi connectivity index (χ0) is 12.4. The number of hydrogen-bond acceptors (Lipinski definition) is 3. The van der Waals surface area contributed by atoms with Gasteiger partial charge in [0.15, 0.2) is 0 Å². The van der Waals surface area contributed by atoms with Crippen molar-refractivity contribution >= 4 is 0 Å². The van der Waals surface area contributed by atoms with E-state index in [1.807, 2.05) is 0 Å². The second kappa shape index (κ2) is 4.29. The molecule has 0 saturated heterocycles. The summed E-state index contributed by atoms with van der Waals surface area (Å²) >= 11 is 0. The van der Waals surface area contributed by atoms with Crippen molar-refractivity contribution in [1.29, 1.82) is 0 Å². The van der Waals surface area contributed by atoms with Gasteiger partial charge in [-0.3, -0.25) is 0 Å². The van der Waals surface area contributed by atoms with E-state index in [-0.39, 0.29) is 12.5 Å². The van der Waals surface area contributed by atoms with Gasteiger partial charge in [-0.15, -0.1) is 0 Å². The molecule has 1 rings (SSSR count). The van der Waals surface area contributed by atoms with E-state index in [9.17, 15) is 13.2 Å². The van der Waals surface area contributed by atoms with Gasteiger partial charge in [-0.05, 0) is 19.9 Å². The van der Waals surface area contributed by atoms with Gasteiger partial charge in [-0.1, -0.05) is 6.07 Å². The number of ether oxygens (including phenoxy) is 1. The molecule has 0 saturated carbocycles. The maximum absolute atomic E-state index is 12.3. The third-order valence-electron chi connectivity index (χ3n) is 1.61. The normalized spacial score (nSPS) is 12.6. The predicted octanol–water partition coefficient (Wildman–Crippen LogP) is 2.22. The highest BCUT2D eigenvalue weighted by Crippen LogP contribution is 2.28. The zero-order valence-electron chi connectivity index (χ0n) is 9.01. The summed E-state index contributed by atoms with van der Waals surface area (Å²) in [5.74, 6) is -0.0756. The SMILES string of the molecule is CC(C)(N)COc1cccc(C(F)(F)F)n1. The summed E-state index contributed by atoms with van der Waals surface area (Å²) in [7, 11) is 0. The average molecular weight is 234 g/mol. The van der Waals surface area contributed by atoms with Crippen molar-refractivity contribution in [3.05, 3.63) is 23.9 Å².